The lowest BCUT2D eigenvalue weighted by Gasteiger charge is -2.15. The van der Waals surface area contributed by atoms with Crippen LogP contribution in [-0.2, 0) is 0 Å². The van der Waals surface area contributed by atoms with Gasteiger partial charge in [0.2, 0.25) is 5.78 Å². The van der Waals surface area contributed by atoms with Crippen molar-refractivity contribution < 1.29 is 30.0 Å². The monoisotopic (exact) mass is 607 g/mol. The Hall–Kier alpha value is -2.52. The lowest BCUT2D eigenvalue weighted by molar-refractivity contribution is 0.101. The molecule has 1 aromatic heterocycles. The van der Waals surface area contributed by atoms with E-state index in [0.717, 1.165) is 28.8 Å². The summed E-state index contributed by atoms with van der Waals surface area (Å²) < 4.78 is 1.08. The molecular weight excluding hydrogens is 599 g/mol. The summed E-state index contributed by atoms with van der Waals surface area (Å²) in [5.74, 6) is -3.64. The number of rotatable bonds is 5. The Balaban J connectivity index is 1.96. The van der Waals surface area contributed by atoms with Gasteiger partial charge in [-0.3, -0.25) is 14.2 Å². The van der Waals surface area contributed by atoms with Crippen molar-refractivity contribution >= 4 is 86.9 Å². The Morgan fingerprint density at radius 2 is 1.17 bits per heavy atom. The third kappa shape index (κ3) is 4.41. The predicted octanol–water partition coefficient (Wildman–Crippen LogP) is 7.34. The van der Waals surface area contributed by atoms with Crippen LogP contribution >= 0.6 is 69.6 Å². The standard InChI is InChI=1S/C23H11Cl6NO6/c24-10-1-7(15(31)5-17(10)33)21(35)9-3-12(26)19(28)20(9)30-14(4-13(27)23(30)29)22(36)8-2-11(25)18(34)6-16(8)32/h1-2,4-6,31-34H,3H2. The van der Waals surface area contributed by atoms with E-state index >= 15 is 0 Å². The molecule has 3 aromatic rings. The summed E-state index contributed by atoms with van der Waals surface area (Å²) >= 11 is 37.2. The molecule has 2 aromatic carbocycles. The van der Waals surface area contributed by atoms with E-state index in [2.05, 4.69) is 0 Å². The van der Waals surface area contributed by atoms with Gasteiger partial charge in [-0.2, -0.15) is 0 Å². The molecule has 186 valence electrons. The molecule has 13 heteroatoms. The van der Waals surface area contributed by atoms with Gasteiger partial charge in [-0.1, -0.05) is 69.6 Å². The molecular formula is C23H11Cl6NO6. The fourth-order valence-electron chi connectivity index (χ4n) is 3.61. The average molecular weight is 610 g/mol. The number of hydrogen-bond donors (Lipinski definition) is 4. The predicted molar refractivity (Wildman–Crippen MR) is 138 cm³/mol. The van der Waals surface area contributed by atoms with Crippen molar-refractivity contribution in [3.8, 4) is 23.0 Å². The number of aromatic nitrogens is 1. The van der Waals surface area contributed by atoms with Crippen molar-refractivity contribution in [1.82, 2.24) is 4.57 Å². The van der Waals surface area contributed by atoms with E-state index in [4.69, 9.17) is 69.6 Å². The molecule has 0 unspecified atom stereocenters. The van der Waals surface area contributed by atoms with Crippen LogP contribution in [0, 0.1) is 0 Å². The highest BCUT2D eigenvalue weighted by atomic mass is 35.5. The molecule has 0 bridgehead atoms. The Bertz CT molecular complexity index is 1560. The fourth-order valence-corrected chi connectivity index (χ4v) is 4.84. The van der Waals surface area contributed by atoms with E-state index in [0.29, 0.717) is 0 Å². The molecule has 7 nitrogen and oxygen atoms in total. The zero-order valence-electron chi connectivity index (χ0n) is 17.4. The highest BCUT2D eigenvalue weighted by Gasteiger charge is 2.34. The highest BCUT2D eigenvalue weighted by molar-refractivity contribution is 6.47. The Kier molecular flexibility index (Phi) is 7.18. The van der Waals surface area contributed by atoms with Crippen molar-refractivity contribution in [3.05, 3.63) is 83.0 Å². The number of nitrogens with zero attached hydrogens (tertiary/aromatic N) is 1. The average Bonchev–Trinajstić information content (AvgIpc) is 3.27. The molecule has 0 saturated carbocycles. The number of hydrogen-bond acceptors (Lipinski definition) is 6. The first-order chi connectivity index (χ1) is 16.8. The first kappa shape index (κ1) is 26.5. The van der Waals surface area contributed by atoms with Crippen LogP contribution in [0.2, 0.25) is 20.2 Å². The second-order valence-electron chi connectivity index (χ2n) is 7.53. The smallest absolute Gasteiger partial charge is 0.213 e. The van der Waals surface area contributed by atoms with Crippen molar-refractivity contribution in [3.63, 3.8) is 0 Å². The van der Waals surface area contributed by atoms with Gasteiger partial charge in [0.05, 0.1) is 42.6 Å². The molecule has 4 rings (SSSR count). The lowest BCUT2D eigenvalue weighted by Crippen LogP contribution is -2.13. The minimum absolute atomic E-state index is 0.0363. The van der Waals surface area contributed by atoms with E-state index in [1.165, 1.54) is 6.07 Å². The summed E-state index contributed by atoms with van der Waals surface area (Å²) in [5.41, 5.74) is -0.963. The summed E-state index contributed by atoms with van der Waals surface area (Å²) in [6.45, 7) is 0. The molecule has 0 aliphatic heterocycles. The number of aromatic hydroxyl groups is 4. The third-order valence-electron chi connectivity index (χ3n) is 5.31. The maximum Gasteiger partial charge on any atom is 0.213 e. The molecule has 0 spiro atoms. The second-order valence-corrected chi connectivity index (χ2v) is 9.94. The summed E-state index contributed by atoms with van der Waals surface area (Å²) in [6.07, 6.45) is -0.192. The first-order valence-electron chi connectivity index (χ1n) is 9.70. The second kappa shape index (κ2) is 9.74. The Morgan fingerprint density at radius 3 is 1.69 bits per heavy atom. The molecule has 1 heterocycles. The number of halogens is 6. The SMILES string of the molecule is O=C(C1=C(n2c(C(=O)c3cc(Cl)c(O)cc3O)cc(Cl)c2Cl)C(Cl)=C(Cl)C1)c1cc(Cl)c(O)cc1O. The van der Waals surface area contributed by atoms with Crippen LogP contribution in [0.1, 0.15) is 32.8 Å². The Labute approximate surface area is 232 Å². The van der Waals surface area contributed by atoms with Crippen LogP contribution in [0.15, 0.2) is 46.0 Å². The van der Waals surface area contributed by atoms with Gasteiger partial charge < -0.3 is 20.4 Å². The topological polar surface area (TPSA) is 120 Å². The van der Waals surface area contributed by atoms with Crippen LogP contribution in [0.25, 0.3) is 5.70 Å². The summed E-state index contributed by atoms with van der Waals surface area (Å²) in [5, 5.41) is 39.1. The number of ketones is 2. The van der Waals surface area contributed by atoms with Crippen molar-refractivity contribution in [2.75, 3.05) is 0 Å². The number of carbonyl (C=O) groups is 2. The van der Waals surface area contributed by atoms with E-state index < -0.39 is 34.6 Å². The molecule has 0 radical (unpaired) electrons. The van der Waals surface area contributed by atoms with Gasteiger partial charge in [-0.15, -0.1) is 0 Å². The molecule has 1 aliphatic carbocycles. The van der Waals surface area contributed by atoms with Gasteiger partial charge in [0, 0.05) is 29.2 Å². The van der Waals surface area contributed by atoms with Crippen LogP contribution in [0.5, 0.6) is 23.0 Å². The number of carbonyl (C=O) groups excluding carboxylic acids is 2. The Morgan fingerprint density at radius 1 is 0.667 bits per heavy atom. The van der Waals surface area contributed by atoms with E-state index in [9.17, 15) is 30.0 Å². The molecule has 0 fully saturated rings. The normalized spacial score (nSPS) is 13.6. The zero-order chi connectivity index (χ0) is 26.6. The zero-order valence-corrected chi connectivity index (χ0v) is 21.9. The van der Waals surface area contributed by atoms with Crippen LogP contribution in [0.4, 0.5) is 0 Å². The van der Waals surface area contributed by atoms with E-state index in [1.54, 1.807) is 0 Å². The van der Waals surface area contributed by atoms with Gasteiger partial charge in [0.25, 0.3) is 0 Å². The number of phenols is 4. The molecule has 0 atom stereocenters. The van der Waals surface area contributed by atoms with Crippen molar-refractivity contribution in [2.24, 2.45) is 0 Å². The maximum absolute atomic E-state index is 13.4. The molecule has 1 aliphatic rings. The minimum Gasteiger partial charge on any atom is -0.507 e. The van der Waals surface area contributed by atoms with Gasteiger partial charge in [-0.05, 0) is 18.2 Å². The number of phenolic OH excluding ortho intramolecular Hbond substituents is 4. The van der Waals surface area contributed by atoms with Gasteiger partial charge in [-0.25, -0.2) is 0 Å². The number of benzene rings is 2. The molecule has 4 N–H and O–H groups in total. The quantitative estimate of drug-likeness (QED) is 0.225. The van der Waals surface area contributed by atoms with Crippen LogP contribution in [-0.4, -0.2) is 36.6 Å². The molecule has 36 heavy (non-hydrogen) atoms. The molecule has 0 saturated heterocycles. The summed E-state index contributed by atoms with van der Waals surface area (Å²) in [7, 11) is 0. The highest BCUT2D eigenvalue weighted by Crippen LogP contribution is 2.46. The molecule has 0 amide bonds. The van der Waals surface area contributed by atoms with Gasteiger partial charge >= 0.3 is 0 Å². The van der Waals surface area contributed by atoms with Gasteiger partial charge in [0.1, 0.15) is 28.2 Å². The van der Waals surface area contributed by atoms with Crippen LogP contribution < -0.4 is 0 Å². The maximum atomic E-state index is 13.4. The summed E-state index contributed by atoms with van der Waals surface area (Å²) in [4.78, 5) is 26.9. The largest absolute Gasteiger partial charge is 0.507 e. The van der Waals surface area contributed by atoms with Crippen molar-refractivity contribution in [2.45, 2.75) is 6.42 Å². The lowest BCUT2D eigenvalue weighted by atomic mass is 10.00. The fraction of sp³-hybridized carbons (Fsp3) is 0.0435. The number of Topliss-reactive ketones (excluding diaryl/α,β-unsaturated/α-hetero) is 1. The van der Waals surface area contributed by atoms with E-state index in [-0.39, 0.29) is 64.8 Å². The minimum atomic E-state index is -0.828. The third-order valence-corrected chi connectivity index (χ3v) is 7.50. The first-order valence-corrected chi connectivity index (χ1v) is 12.0. The van der Waals surface area contributed by atoms with Crippen molar-refractivity contribution in [1.29, 1.82) is 0 Å². The van der Waals surface area contributed by atoms with E-state index in [1.807, 2.05) is 0 Å². The van der Waals surface area contributed by atoms with Gasteiger partial charge in [0.15, 0.2) is 5.78 Å². The number of allylic oxidation sites excluding steroid dienone is 4. The summed E-state index contributed by atoms with van der Waals surface area (Å²) in [6, 6.07) is 5.08. The van der Waals surface area contributed by atoms with Crippen LogP contribution in [0.3, 0.4) is 0 Å².